The largest absolute Gasteiger partial charge is 0.465 e. The van der Waals surface area contributed by atoms with Crippen molar-refractivity contribution in [3.63, 3.8) is 0 Å². The second-order valence-electron chi connectivity index (χ2n) is 7.57. The molecule has 1 heterocycles. The number of ether oxygens (including phenoxy) is 1. The van der Waals surface area contributed by atoms with Gasteiger partial charge in [-0.15, -0.1) is 0 Å². The van der Waals surface area contributed by atoms with Gasteiger partial charge >= 0.3 is 5.97 Å². The van der Waals surface area contributed by atoms with E-state index in [-0.39, 0.29) is 11.8 Å². The molecule has 1 aliphatic carbocycles. The first-order valence-electron chi connectivity index (χ1n) is 10.2. The summed E-state index contributed by atoms with van der Waals surface area (Å²) in [7, 11) is 1.41. The highest BCUT2D eigenvalue weighted by Gasteiger charge is 2.21. The first-order valence-corrected chi connectivity index (χ1v) is 11.0. The fraction of sp³-hybridized carbons (Fsp3) is 0.280. The van der Waals surface area contributed by atoms with E-state index >= 15 is 0 Å². The summed E-state index contributed by atoms with van der Waals surface area (Å²) in [6.07, 6.45) is 8.60. The molecule has 2 aromatic carbocycles. The van der Waals surface area contributed by atoms with E-state index in [4.69, 9.17) is 4.74 Å². The minimum absolute atomic E-state index is 0.211. The molecule has 3 aromatic rings. The Hall–Kier alpha value is -2.66. The van der Waals surface area contributed by atoms with Crippen LogP contribution in [-0.4, -0.2) is 18.1 Å². The van der Waals surface area contributed by atoms with Crippen molar-refractivity contribution in [3.8, 4) is 0 Å². The Bertz CT molecular complexity index is 1040. The van der Waals surface area contributed by atoms with Crippen LogP contribution in [0.25, 0.3) is 0 Å². The van der Waals surface area contributed by atoms with Crippen molar-refractivity contribution in [3.05, 3.63) is 89.0 Å². The molecule has 1 atom stereocenters. The van der Waals surface area contributed by atoms with E-state index in [0.29, 0.717) is 11.5 Å². The Morgan fingerprint density at radius 2 is 1.97 bits per heavy atom. The number of carbonyl (C=O) groups excluding carboxylic acids is 1. The van der Waals surface area contributed by atoms with Crippen LogP contribution in [0.15, 0.2) is 70.7 Å². The standard InChI is InChI=1S/C25H24FNO2S/c1-29-25(28)24-13-14-27-16-19(24)6-5-17-3-2-4-18-15-22(11-12-23(17)18)30-21-9-7-20(26)8-10-21/h7-17H,2-6H2,1H3/t17-/m1/s1. The molecule has 30 heavy (non-hydrogen) atoms. The second-order valence-corrected chi connectivity index (χ2v) is 8.72. The van der Waals surface area contributed by atoms with Crippen molar-refractivity contribution in [2.75, 3.05) is 7.11 Å². The molecule has 0 saturated carbocycles. The van der Waals surface area contributed by atoms with Crippen molar-refractivity contribution >= 4 is 17.7 Å². The Morgan fingerprint density at radius 3 is 2.77 bits per heavy atom. The first kappa shape index (κ1) is 20.6. The molecule has 0 radical (unpaired) electrons. The van der Waals surface area contributed by atoms with Gasteiger partial charge in [-0.05, 0) is 97.2 Å². The molecule has 0 amide bonds. The highest BCUT2D eigenvalue weighted by molar-refractivity contribution is 7.99. The SMILES string of the molecule is COC(=O)c1ccncc1CC[C@H]1CCCc2cc(Sc3ccc(F)cc3)ccc21. The predicted molar refractivity (Wildman–Crippen MR) is 117 cm³/mol. The fourth-order valence-electron chi connectivity index (χ4n) is 4.16. The maximum absolute atomic E-state index is 13.1. The first-order chi connectivity index (χ1) is 14.6. The molecule has 0 fully saturated rings. The normalized spacial score (nSPS) is 15.5. The summed E-state index contributed by atoms with van der Waals surface area (Å²) in [5.74, 6) is -0.0418. The van der Waals surface area contributed by atoms with Crippen molar-refractivity contribution < 1.29 is 13.9 Å². The number of esters is 1. The molecular formula is C25H24FNO2S. The van der Waals surface area contributed by atoms with Gasteiger partial charge in [-0.3, -0.25) is 4.98 Å². The zero-order chi connectivity index (χ0) is 20.9. The number of aromatic nitrogens is 1. The summed E-state index contributed by atoms with van der Waals surface area (Å²) in [6.45, 7) is 0. The van der Waals surface area contributed by atoms with Crippen LogP contribution in [0, 0.1) is 5.82 Å². The lowest BCUT2D eigenvalue weighted by molar-refractivity contribution is 0.0599. The summed E-state index contributed by atoms with van der Waals surface area (Å²) in [5, 5.41) is 0. The average Bonchev–Trinajstić information content (AvgIpc) is 2.78. The number of rotatable bonds is 6. The van der Waals surface area contributed by atoms with Crippen molar-refractivity contribution in [1.82, 2.24) is 4.98 Å². The maximum atomic E-state index is 13.1. The molecule has 1 aromatic heterocycles. The Kier molecular flexibility index (Phi) is 6.48. The van der Waals surface area contributed by atoms with Gasteiger partial charge in [0.25, 0.3) is 0 Å². The highest BCUT2D eigenvalue weighted by Crippen LogP contribution is 2.38. The number of hydrogen-bond acceptors (Lipinski definition) is 4. The van der Waals surface area contributed by atoms with Crippen LogP contribution < -0.4 is 0 Å². The lowest BCUT2D eigenvalue weighted by Gasteiger charge is -2.26. The monoisotopic (exact) mass is 421 g/mol. The second kappa shape index (κ2) is 9.43. The van der Waals surface area contributed by atoms with Crippen LogP contribution in [0.4, 0.5) is 4.39 Å². The molecule has 0 aliphatic heterocycles. The minimum Gasteiger partial charge on any atom is -0.465 e. The van der Waals surface area contributed by atoms with E-state index in [9.17, 15) is 9.18 Å². The van der Waals surface area contributed by atoms with Crippen LogP contribution in [0.3, 0.4) is 0 Å². The third-order valence-corrected chi connectivity index (χ3v) is 6.67. The Balaban J connectivity index is 1.48. The van der Waals surface area contributed by atoms with Gasteiger partial charge in [0.15, 0.2) is 0 Å². The Morgan fingerprint density at radius 1 is 1.17 bits per heavy atom. The van der Waals surface area contributed by atoms with Gasteiger partial charge in [0, 0.05) is 22.2 Å². The van der Waals surface area contributed by atoms with Gasteiger partial charge in [-0.1, -0.05) is 17.8 Å². The van der Waals surface area contributed by atoms with E-state index in [0.717, 1.165) is 36.1 Å². The lowest BCUT2D eigenvalue weighted by Crippen LogP contribution is -2.12. The number of methoxy groups -OCH3 is 1. The quantitative estimate of drug-likeness (QED) is 0.444. The number of pyridine rings is 1. The smallest absolute Gasteiger partial charge is 0.338 e. The van der Waals surface area contributed by atoms with Crippen molar-refractivity contribution in [2.45, 2.75) is 47.8 Å². The Labute approximate surface area is 180 Å². The molecule has 0 N–H and O–H groups in total. The van der Waals surface area contributed by atoms with Gasteiger partial charge in [0.2, 0.25) is 0 Å². The summed E-state index contributed by atoms with van der Waals surface area (Å²) in [6, 6.07) is 15.0. The number of hydrogen-bond donors (Lipinski definition) is 0. The van der Waals surface area contributed by atoms with Crippen LogP contribution in [0.1, 0.15) is 52.2 Å². The van der Waals surface area contributed by atoms with Gasteiger partial charge in [0.05, 0.1) is 12.7 Å². The van der Waals surface area contributed by atoms with Crippen LogP contribution >= 0.6 is 11.8 Å². The number of halogens is 1. The number of nitrogens with zero attached hydrogens (tertiary/aromatic N) is 1. The van der Waals surface area contributed by atoms with Crippen molar-refractivity contribution in [2.24, 2.45) is 0 Å². The molecule has 5 heteroatoms. The van der Waals surface area contributed by atoms with Crippen LogP contribution in [-0.2, 0) is 17.6 Å². The number of fused-ring (bicyclic) bond motifs is 1. The van der Waals surface area contributed by atoms with E-state index in [1.807, 2.05) is 12.1 Å². The number of aryl methyl sites for hydroxylation is 2. The van der Waals surface area contributed by atoms with E-state index in [1.54, 1.807) is 30.2 Å². The minimum atomic E-state index is -0.307. The molecule has 154 valence electrons. The maximum Gasteiger partial charge on any atom is 0.338 e. The number of carbonyl (C=O) groups is 1. The zero-order valence-electron chi connectivity index (χ0n) is 16.9. The van der Waals surface area contributed by atoms with E-state index in [2.05, 4.69) is 23.2 Å². The molecule has 0 unspecified atom stereocenters. The van der Waals surface area contributed by atoms with Gasteiger partial charge in [-0.2, -0.15) is 0 Å². The van der Waals surface area contributed by atoms with Gasteiger partial charge in [0.1, 0.15) is 5.82 Å². The van der Waals surface area contributed by atoms with Crippen LogP contribution in [0.5, 0.6) is 0 Å². The molecular weight excluding hydrogens is 397 g/mol. The average molecular weight is 422 g/mol. The molecule has 0 saturated heterocycles. The summed E-state index contributed by atoms with van der Waals surface area (Å²) < 4.78 is 18.0. The van der Waals surface area contributed by atoms with E-state index < -0.39 is 0 Å². The lowest BCUT2D eigenvalue weighted by atomic mass is 9.80. The summed E-state index contributed by atoms with van der Waals surface area (Å²) >= 11 is 1.66. The third-order valence-electron chi connectivity index (χ3n) is 5.67. The summed E-state index contributed by atoms with van der Waals surface area (Å²) in [5.41, 5.74) is 4.36. The molecule has 3 nitrogen and oxygen atoms in total. The third kappa shape index (κ3) is 4.73. The molecule has 4 rings (SSSR count). The predicted octanol–water partition coefficient (Wildman–Crippen LogP) is 6.21. The molecule has 1 aliphatic rings. The molecule has 0 bridgehead atoms. The van der Waals surface area contributed by atoms with Gasteiger partial charge in [-0.25, -0.2) is 9.18 Å². The van der Waals surface area contributed by atoms with E-state index in [1.165, 1.54) is 41.7 Å². The zero-order valence-corrected chi connectivity index (χ0v) is 17.8. The highest BCUT2D eigenvalue weighted by atomic mass is 32.2. The van der Waals surface area contributed by atoms with Crippen molar-refractivity contribution in [1.29, 1.82) is 0 Å². The fourth-order valence-corrected chi connectivity index (χ4v) is 5.04. The summed E-state index contributed by atoms with van der Waals surface area (Å²) in [4.78, 5) is 18.4. The van der Waals surface area contributed by atoms with Gasteiger partial charge < -0.3 is 4.74 Å². The topological polar surface area (TPSA) is 39.2 Å². The molecule has 0 spiro atoms. The number of benzene rings is 2. The van der Waals surface area contributed by atoms with Crippen LogP contribution in [0.2, 0.25) is 0 Å².